The number of carboxylic acid groups (broad SMARTS) is 1. The van der Waals surface area contributed by atoms with Crippen LogP contribution in [0.3, 0.4) is 0 Å². The van der Waals surface area contributed by atoms with Gasteiger partial charge in [0.25, 0.3) is 0 Å². The maximum atomic E-state index is 10.4. The van der Waals surface area contributed by atoms with Crippen LogP contribution in [0.5, 0.6) is 0 Å². The Morgan fingerprint density at radius 2 is 1.09 bits per heavy atom. The zero-order valence-electron chi connectivity index (χ0n) is 14.8. The Hall–Kier alpha value is -0.790. The molecule has 0 unspecified atom stereocenters. The van der Waals surface area contributed by atoms with Gasteiger partial charge in [0.1, 0.15) is 0 Å². The van der Waals surface area contributed by atoms with Crippen molar-refractivity contribution in [1.82, 2.24) is 0 Å². The van der Waals surface area contributed by atoms with Gasteiger partial charge in [-0.2, -0.15) is 0 Å². The zero-order chi connectivity index (χ0) is 16.3. The Morgan fingerprint density at radius 3 is 1.55 bits per heavy atom. The number of aliphatic carboxylic acids is 1. The van der Waals surface area contributed by atoms with Crippen molar-refractivity contribution < 1.29 is 9.90 Å². The van der Waals surface area contributed by atoms with Gasteiger partial charge in [0.2, 0.25) is 0 Å². The predicted octanol–water partition coefficient (Wildman–Crippen LogP) is 6.89. The van der Waals surface area contributed by atoms with E-state index in [9.17, 15) is 4.79 Å². The minimum Gasteiger partial charge on any atom is -0.481 e. The van der Waals surface area contributed by atoms with Crippen molar-refractivity contribution in [3.05, 3.63) is 12.2 Å². The molecule has 0 heterocycles. The van der Waals surface area contributed by atoms with E-state index in [0.717, 1.165) is 12.8 Å². The van der Waals surface area contributed by atoms with Gasteiger partial charge in [-0.1, -0.05) is 83.3 Å². The first-order chi connectivity index (χ1) is 10.8. The summed E-state index contributed by atoms with van der Waals surface area (Å²) in [6.07, 6.45) is 24.2. The first kappa shape index (κ1) is 21.2. The molecule has 0 aliphatic heterocycles. The number of carbonyl (C=O) groups is 1. The van der Waals surface area contributed by atoms with Crippen LogP contribution in [-0.4, -0.2) is 11.1 Å². The molecule has 1 N–H and O–H groups in total. The summed E-state index contributed by atoms with van der Waals surface area (Å²) in [5.74, 6) is -0.657. The summed E-state index contributed by atoms with van der Waals surface area (Å²) in [4.78, 5) is 10.4. The van der Waals surface area contributed by atoms with Crippen LogP contribution in [-0.2, 0) is 4.79 Å². The summed E-state index contributed by atoms with van der Waals surface area (Å²) in [5.41, 5.74) is 0. The second kappa shape index (κ2) is 18.3. The van der Waals surface area contributed by atoms with Gasteiger partial charge in [0.05, 0.1) is 0 Å². The van der Waals surface area contributed by atoms with E-state index in [0.29, 0.717) is 6.42 Å². The van der Waals surface area contributed by atoms with E-state index in [1.165, 1.54) is 83.5 Å². The second-order valence-electron chi connectivity index (χ2n) is 6.44. The molecule has 0 fully saturated rings. The minimum atomic E-state index is -0.657. The molecule has 0 rings (SSSR count). The first-order valence-corrected chi connectivity index (χ1v) is 9.64. The fourth-order valence-electron chi connectivity index (χ4n) is 2.70. The first-order valence-electron chi connectivity index (χ1n) is 9.64. The summed E-state index contributed by atoms with van der Waals surface area (Å²) in [6, 6.07) is 0. The number of rotatable bonds is 17. The lowest BCUT2D eigenvalue weighted by Gasteiger charge is -2.01. The summed E-state index contributed by atoms with van der Waals surface area (Å²) in [5, 5.41) is 8.53. The number of carboxylic acids is 1. The average molecular weight is 311 g/mol. The van der Waals surface area contributed by atoms with Crippen molar-refractivity contribution in [2.24, 2.45) is 0 Å². The van der Waals surface area contributed by atoms with Crippen LogP contribution < -0.4 is 0 Å². The van der Waals surface area contributed by atoms with E-state index in [1.54, 1.807) is 0 Å². The quantitative estimate of drug-likeness (QED) is 0.234. The van der Waals surface area contributed by atoms with Gasteiger partial charge in [-0.05, 0) is 32.1 Å². The highest BCUT2D eigenvalue weighted by molar-refractivity contribution is 5.66. The largest absolute Gasteiger partial charge is 0.481 e. The van der Waals surface area contributed by atoms with Gasteiger partial charge >= 0.3 is 5.97 Å². The van der Waals surface area contributed by atoms with Crippen molar-refractivity contribution in [1.29, 1.82) is 0 Å². The van der Waals surface area contributed by atoms with Crippen LogP contribution in [0, 0.1) is 0 Å². The highest BCUT2D eigenvalue weighted by Gasteiger charge is 1.96. The maximum Gasteiger partial charge on any atom is 0.303 e. The normalized spacial score (nSPS) is 11.3. The Labute approximate surface area is 138 Å². The Bertz CT molecular complexity index is 258. The number of unbranched alkanes of at least 4 members (excludes halogenated alkanes) is 13. The molecule has 0 saturated heterocycles. The molecule has 0 radical (unpaired) electrons. The molecular formula is C20H38O2. The summed E-state index contributed by atoms with van der Waals surface area (Å²) in [6.45, 7) is 2.26. The van der Waals surface area contributed by atoms with E-state index in [1.807, 2.05) is 0 Å². The van der Waals surface area contributed by atoms with Crippen molar-refractivity contribution in [2.75, 3.05) is 0 Å². The highest BCUT2D eigenvalue weighted by atomic mass is 16.4. The van der Waals surface area contributed by atoms with Gasteiger partial charge in [-0.3, -0.25) is 4.79 Å². The lowest BCUT2D eigenvalue weighted by Crippen LogP contribution is -1.93. The van der Waals surface area contributed by atoms with Gasteiger partial charge in [0.15, 0.2) is 0 Å². The van der Waals surface area contributed by atoms with Gasteiger partial charge in [-0.15, -0.1) is 0 Å². The molecule has 130 valence electrons. The molecule has 0 saturated carbocycles. The predicted molar refractivity (Wildman–Crippen MR) is 96.3 cm³/mol. The van der Waals surface area contributed by atoms with E-state index >= 15 is 0 Å². The molecule has 0 bridgehead atoms. The molecule has 0 spiro atoms. The van der Waals surface area contributed by atoms with Crippen LogP contribution in [0.4, 0.5) is 0 Å². The van der Waals surface area contributed by atoms with E-state index < -0.39 is 5.97 Å². The fourth-order valence-corrected chi connectivity index (χ4v) is 2.70. The van der Waals surface area contributed by atoms with E-state index in [-0.39, 0.29) is 0 Å². The maximum absolute atomic E-state index is 10.4. The summed E-state index contributed by atoms with van der Waals surface area (Å²) < 4.78 is 0. The number of hydrogen-bond acceptors (Lipinski definition) is 1. The monoisotopic (exact) mass is 310 g/mol. The fraction of sp³-hybridized carbons (Fsp3) is 0.850. The standard InChI is InChI=1S/C20H38O2/c1-2-3-4-5-6-7-8-9-10-11-12-13-14-15-16-17-18-19-20(21)22/h7-8H,2-6,9-19H2,1H3,(H,21,22). The lowest BCUT2D eigenvalue weighted by atomic mass is 10.1. The smallest absolute Gasteiger partial charge is 0.303 e. The molecule has 0 atom stereocenters. The highest BCUT2D eigenvalue weighted by Crippen LogP contribution is 2.11. The average Bonchev–Trinajstić information content (AvgIpc) is 2.50. The third-order valence-electron chi connectivity index (χ3n) is 4.15. The van der Waals surface area contributed by atoms with Crippen LogP contribution >= 0.6 is 0 Å². The van der Waals surface area contributed by atoms with Crippen molar-refractivity contribution in [2.45, 2.75) is 110 Å². The van der Waals surface area contributed by atoms with Gasteiger partial charge in [0, 0.05) is 6.42 Å². The SMILES string of the molecule is CCCCCCC=CCCCCCCCCCCCC(=O)O. The van der Waals surface area contributed by atoms with Gasteiger partial charge < -0.3 is 5.11 Å². The van der Waals surface area contributed by atoms with E-state index in [4.69, 9.17) is 5.11 Å². The molecule has 0 aliphatic carbocycles. The molecule has 22 heavy (non-hydrogen) atoms. The minimum absolute atomic E-state index is 0.339. The van der Waals surface area contributed by atoms with Crippen molar-refractivity contribution in [3.8, 4) is 0 Å². The van der Waals surface area contributed by atoms with Crippen LogP contribution in [0.25, 0.3) is 0 Å². The Kier molecular flexibility index (Phi) is 17.6. The number of hydrogen-bond donors (Lipinski definition) is 1. The zero-order valence-corrected chi connectivity index (χ0v) is 14.8. The Balaban J connectivity index is 3.05. The van der Waals surface area contributed by atoms with E-state index in [2.05, 4.69) is 19.1 Å². The summed E-state index contributed by atoms with van der Waals surface area (Å²) >= 11 is 0. The van der Waals surface area contributed by atoms with Crippen molar-refractivity contribution in [3.63, 3.8) is 0 Å². The van der Waals surface area contributed by atoms with Crippen LogP contribution in [0.2, 0.25) is 0 Å². The topological polar surface area (TPSA) is 37.3 Å². The molecule has 2 heteroatoms. The van der Waals surface area contributed by atoms with Crippen LogP contribution in [0.15, 0.2) is 12.2 Å². The molecule has 0 aromatic heterocycles. The second-order valence-corrected chi connectivity index (χ2v) is 6.44. The molecule has 0 aromatic rings. The molecule has 0 aromatic carbocycles. The summed E-state index contributed by atoms with van der Waals surface area (Å²) in [7, 11) is 0. The third kappa shape index (κ3) is 19.2. The molecule has 0 aliphatic rings. The number of allylic oxidation sites excluding steroid dienone is 2. The van der Waals surface area contributed by atoms with Crippen LogP contribution in [0.1, 0.15) is 110 Å². The van der Waals surface area contributed by atoms with Gasteiger partial charge in [-0.25, -0.2) is 0 Å². The molecular weight excluding hydrogens is 272 g/mol. The lowest BCUT2D eigenvalue weighted by molar-refractivity contribution is -0.137. The van der Waals surface area contributed by atoms with Crippen molar-refractivity contribution >= 4 is 5.97 Å². The Morgan fingerprint density at radius 1 is 0.682 bits per heavy atom. The molecule has 0 amide bonds. The third-order valence-corrected chi connectivity index (χ3v) is 4.15. The molecule has 2 nitrogen and oxygen atoms in total.